The van der Waals surface area contributed by atoms with Crippen molar-refractivity contribution in [2.45, 2.75) is 11.8 Å². The average molecular weight is 493 g/mol. The molecule has 174 valence electrons. The van der Waals surface area contributed by atoms with Gasteiger partial charge >= 0.3 is 5.97 Å². The number of rotatable bonds is 6. The molecule has 0 radical (unpaired) electrons. The first-order valence-corrected chi connectivity index (χ1v) is 11.9. The van der Waals surface area contributed by atoms with E-state index in [2.05, 4.69) is 10.3 Å². The molecule has 10 nitrogen and oxygen atoms in total. The number of carbonyl (C=O) groups excluding carboxylic acids is 2. The molecule has 0 bridgehead atoms. The highest BCUT2D eigenvalue weighted by molar-refractivity contribution is 7.89. The van der Waals surface area contributed by atoms with Gasteiger partial charge in [-0.2, -0.15) is 4.31 Å². The van der Waals surface area contributed by atoms with E-state index in [4.69, 9.17) is 21.1 Å². The number of benzene rings is 1. The maximum Gasteiger partial charge on any atom is 0.359 e. The van der Waals surface area contributed by atoms with Gasteiger partial charge in [0, 0.05) is 30.7 Å². The lowest BCUT2D eigenvalue weighted by molar-refractivity contribution is -0.119. The summed E-state index contributed by atoms with van der Waals surface area (Å²) in [6.45, 7) is 2.33. The lowest BCUT2D eigenvalue weighted by atomic mass is 10.3. The summed E-state index contributed by atoms with van der Waals surface area (Å²) in [4.78, 5) is 28.7. The van der Waals surface area contributed by atoms with Crippen LogP contribution in [-0.2, 0) is 24.3 Å². The highest BCUT2D eigenvalue weighted by Crippen LogP contribution is 2.28. The van der Waals surface area contributed by atoms with E-state index in [9.17, 15) is 18.0 Å². The zero-order valence-electron chi connectivity index (χ0n) is 17.7. The molecule has 1 amide bonds. The van der Waals surface area contributed by atoms with E-state index in [1.165, 1.54) is 28.7 Å². The number of hydrogen-bond acceptors (Lipinski definition) is 7. The van der Waals surface area contributed by atoms with Crippen LogP contribution in [0.3, 0.4) is 0 Å². The average Bonchev–Trinajstić information content (AvgIpc) is 3.25. The highest BCUT2D eigenvalue weighted by Gasteiger charge is 2.28. The molecule has 1 saturated heterocycles. The molecule has 1 N–H and O–H groups in total. The normalized spacial score (nSPS) is 14.8. The number of aryl methyl sites for hydroxylation is 1. The number of carbonyl (C=O) groups is 2. The molecule has 0 saturated carbocycles. The first kappa shape index (κ1) is 23.2. The second kappa shape index (κ2) is 9.48. The summed E-state index contributed by atoms with van der Waals surface area (Å²) in [6.07, 6.45) is 1.53. The van der Waals surface area contributed by atoms with Crippen LogP contribution >= 0.6 is 11.6 Å². The fourth-order valence-electron chi connectivity index (χ4n) is 3.35. The van der Waals surface area contributed by atoms with Crippen LogP contribution in [0.5, 0.6) is 0 Å². The van der Waals surface area contributed by atoms with Crippen molar-refractivity contribution in [3.8, 4) is 0 Å². The fraction of sp³-hybridized carbons (Fsp3) is 0.286. The number of halogens is 1. The molecule has 33 heavy (non-hydrogen) atoms. The molecule has 3 heterocycles. The number of nitrogens with one attached hydrogen (secondary N) is 1. The third-order valence-corrected chi connectivity index (χ3v) is 7.42. The van der Waals surface area contributed by atoms with E-state index in [1.54, 1.807) is 10.5 Å². The van der Waals surface area contributed by atoms with Gasteiger partial charge in [-0.3, -0.25) is 4.79 Å². The SMILES string of the molecule is Cc1cccc2nc(C(=O)OCC(=O)Nc3ccc(Cl)c(S(=O)(=O)N4CCOCC4)c3)cn12. The number of pyridine rings is 1. The zero-order valence-corrected chi connectivity index (χ0v) is 19.2. The van der Waals surface area contributed by atoms with E-state index < -0.39 is 28.5 Å². The van der Waals surface area contributed by atoms with Gasteiger partial charge in [0.2, 0.25) is 10.0 Å². The number of hydrogen-bond donors (Lipinski definition) is 1. The first-order valence-electron chi connectivity index (χ1n) is 10.0. The van der Waals surface area contributed by atoms with Crippen LogP contribution in [0.1, 0.15) is 16.2 Å². The summed E-state index contributed by atoms with van der Waals surface area (Å²) in [5.74, 6) is -1.39. The molecule has 2 aromatic heterocycles. The maximum atomic E-state index is 12.9. The summed E-state index contributed by atoms with van der Waals surface area (Å²) < 4.78 is 39.1. The van der Waals surface area contributed by atoms with Gasteiger partial charge in [-0.05, 0) is 37.3 Å². The number of nitrogens with zero attached hydrogens (tertiary/aromatic N) is 3. The summed E-state index contributed by atoms with van der Waals surface area (Å²) >= 11 is 6.12. The molecule has 0 atom stereocenters. The van der Waals surface area contributed by atoms with Gasteiger partial charge in [-0.15, -0.1) is 0 Å². The van der Waals surface area contributed by atoms with Crippen LogP contribution < -0.4 is 5.32 Å². The van der Waals surface area contributed by atoms with E-state index in [-0.39, 0.29) is 34.4 Å². The quantitative estimate of drug-likeness (QED) is 0.523. The minimum Gasteiger partial charge on any atom is -0.451 e. The number of aromatic nitrogens is 2. The largest absolute Gasteiger partial charge is 0.451 e. The molecule has 0 unspecified atom stereocenters. The molecule has 0 spiro atoms. The van der Waals surface area contributed by atoms with Crippen LogP contribution in [0.2, 0.25) is 5.02 Å². The van der Waals surface area contributed by atoms with E-state index >= 15 is 0 Å². The number of fused-ring (bicyclic) bond motifs is 1. The monoisotopic (exact) mass is 492 g/mol. The lowest BCUT2D eigenvalue weighted by Gasteiger charge is -2.26. The molecule has 4 rings (SSSR count). The molecule has 0 aliphatic carbocycles. The van der Waals surface area contributed by atoms with Crippen molar-refractivity contribution in [3.05, 3.63) is 59.0 Å². The van der Waals surface area contributed by atoms with Crippen molar-refractivity contribution in [1.29, 1.82) is 0 Å². The van der Waals surface area contributed by atoms with Crippen molar-refractivity contribution in [2.75, 3.05) is 38.2 Å². The number of morpholine rings is 1. The fourth-order valence-corrected chi connectivity index (χ4v) is 5.26. The Hall–Kier alpha value is -2.99. The van der Waals surface area contributed by atoms with Gasteiger partial charge in [0.15, 0.2) is 12.3 Å². The second-order valence-corrected chi connectivity index (χ2v) is 9.62. The van der Waals surface area contributed by atoms with Crippen LogP contribution in [0, 0.1) is 6.92 Å². The molecular weight excluding hydrogens is 472 g/mol. The lowest BCUT2D eigenvalue weighted by Crippen LogP contribution is -2.40. The Morgan fingerprint density at radius 2 is 1.97 bits per heavy atom. The number of ether oxygens (including phenoxy) is 2. The Bertz CT molecular complexity index is 1320. The van der Waals surface area contributed by atoms with Gasteiger partial charge in [0.25, 0.3) is 5.91 Å². The van der Waals surface area contributed by atoms with Gasteiger partial charge in [-0.1, -0.05) is 17.7 Å². The molecule has 1 aliphatic rings. The van der Waals surface area contributed by atoms with Crippen molar-refractivity contribution < 1.29 is 27.5 Å². The van der Waals surface area contributed by atoms with E-state index in [1.807, 2.05) is 19.1 Å². The van der Waals surface area contributed by atoms with Crippen molar-refractivity contribution >= 4 is 44.8 Å². The van der Waals surface area contributed by atoms with Crippen LogP contribution in [0.15, 0.2) is 47.5 Å². The highest BCUT2D eigenvalue weighted by atomic mass is 35.5. The van der Waals surface area contributed by atoms with Crippen LogP contribution in [0.4, 0.5) is 5.69 Å². The second-order valence-electron chi connectivity index (χ2n) is 7.31. The minimum absolute atomic E-state index is 0.0352. The Labute approximate surface area is 195 Å². The Morgan fingerprint density at radius 1 is 1.21 bits per heavy atom. The summed E-state index contributed by atoms with van der Waals surface area (Å²) in [5.41, 5.74) is 1.75. The van der Waals surface area contributed by atoms with Gasteiger partial charge in [0.1, 0.15) is 10.5 Å². The van der Waals surface area contributed by atoms with Crippen LogP contribution in [0.25, 0.3) is 5.65 Å². The molecule has 3 aromatic rings. The number of esters is 1. The first-order chi connectivity index (χ1) is 15.8. The zero-order chi connectivity index (χ0) is 23.6. The van der Waals surface area contributed by atoms with E-state index in [0.29, 0.717) is 18.9 Å². The Kier molecular flexibility index (Phi) is 6.66. The number of imidazole rings is 1. The van der Waals surface area contributed by atoms with Crippen molar-refractivity contribution in [2.24, 2.45) is 0 Å². The summed E-state index contributed by atoms with van der Waals surface area (Å²) in [5, 5.41) is 2.55. The third kappa shape index (κ3) is 5.01. The maximum absolute atomic E-state index is 12.9. The molecule has 1 aliphatic heterocycles. The molecule has 12 heteroatoms. The summed E-state index contributed by atoms with van der Waals surface area (Å²) in [7, 11) is -3.85. The van der Waals surface area contributed by atoms with Crippen LogP contribution in [-0.4, -0.2) is 66.9 Å². The predicted octanol–water partition coefficient (Wildman–Crippen LogP) is 2.11. The van der Waals surface area contributed by atoms with Gasteiger partial charge in [0.05, 0.1) is 18.2 Å². The topological polar surface area (TPSA) is 119 Å². The van der Waals surface area contributed by atoms with Crippen molar-refractivity contribution in [1.82, 2.24) is 13.7 Å². The number of sulfonamides is 1. The summed E-state index contributed by atoms with van der Waals surface area (Å²) in [6, 6.07) is 9.56. The van der Waals surface area contributed by atoms with Crippen molar-refractivity contribution in [3.63, 3.8) is 0 Å². The third-order valence-electron chi connectivity index (χ3n) is 5.04. The smallest absolute Gasteiger partial charge is 0.359 e. The Balaban J connectivity index is 1.41. The number of anilines is 1. The molecule has 1 aromatic carbocycles. The number of amides is 1. The van der Waals surface area contributed by atoms with Gasteiger partial charge in [-0.25, -0.2) is 18.2 Å². The minimum atomic E-state index is -3.85. The predicted molar refractivity (Wildman–Crippen MR) is 120 cm³/mol. The molecular formula is C21H21ClN4O6S. The van der Waals surface area contributed by atoms with E-state index in [0.717, 1.165) is 5.69 Å². The standard InChI is InChI=1S/C21H21ClN4O6S/c1-14-3-2-4-19-24-17(12-26(14)19)21(28)32-13-20(27)23-15-5-6-16(22)18(11-15)33(29,30)25-7-9-31-10-8-25/h2-6,11-12H,7-10,13H2,1H3,(H,23,27). The molecule has 1 fully saturated rings. The Morgan fingerprint density at radius 3 is 2.70 bits per heavy atom. The van der Waals surface area contributed by atoms with Gasteiger partial charge < -0.3 is 19.2 Å².